The normalized spacial score (nSPS) is 13.4. The molecule has 0 saturated carbocycles. The van der Waals surface area contributed by atoms with Crippen LogP contribution in [0, 0.1) is 20.8 Å². The maximum absolute atomic E-state index is 13.7. The first-order chi connectivity index (χ1) is 24.7. The number of carbonyl (C=O) groups is 1. The van der Waals surface area contributed by atoms with Gasteiger partial charge in [0, 0.05) is 55.9 Å². The summed E-state index contributed by atoms with van der Waals surface area (Å²) in [6.07, 6.45) is 3.97. The van der Waals surface area contributed by atoms with Gasteiger partial charge in [-0.1, -0.05) is 35.5 Å². The number of aryl methyl sites for hydroxylation is 5. The molecule has 3 aromatic carbocycles. The number of benzene rings is 3. The lowest BCUT2D eigenvalue weighted by molar-refractivity contribution is 0.102. The molecule has 1 aliphatic heterocycles. The zero-order valence-corrected chi connectivity index (χ0v) is 30.1. The molecule has 0 bridgehead atoms. The van der Waals surface area contributed by atoms with Crippen LogP contribution in [-0.2, 0) is 12.8 Å². The van der Waals surface area contributed by atoms with Gasteiger partial charge < -0.3 is 29.7 Å². The number of aromatic nitrogens is 4. The fourth-order valence-corrected chi connectivity index (χ4v) is 6.15. The number of nitrogens with one attached hydrogen (secondary N) is 2. The van der Waals surface area contributed by atoms with Crippen LogP contribution in [-0.4, -0.2) is 89.2 Å². The lowest BCUT2D eigenvalue weighted by Gasteiger charge is -2.36. The highest BCUT2D eigenvalue weighted by Crippen LogP contribution is 2.29. The molecule has 266 valence electrons. The molecule has 0 unspecified atom stereocenters. The molecule has 1 fully saturated rings. The Bertz CT molecular complexity index is 1900. The molecule has 6 rings (SSSR count). The van der Waals surface area contributed by atoms with Gasteiger partial charge in [-0.25, -0.2) is 4.98 Å². The highest BCUT2D eigenvalue weighted by molar-refractivity contribution is 6.06. The van der Waals surface area contributed by atoms with Gasteiger partial charge in [0.15, 0.2) is 5.82 Å². The summed E-state index contributed by atoms with van der Waals surface area (Å²) in [6.45, 7) is 12.1. The molecule has 51 heavy (non-hydrogen) atoms. The number of piperazine rings is 1. The first kappa shape index (κ1) is 35.5. The zero-order chi connectivity index (χ0) is 35.7. The second-order valence-corrected chi connectivity index (χ2v) is 13.3. The van der Waals surface area contributed by atoms with Crippen molar-refractivity contribution in [2.24, 2.45) is 0 Å². The third kappa shape index (κ3) is 9.68. The Kier molecular flexibility index (Phi) is 11.5. The average Bonchev–Trinajstić information content (AvgIpc) is 3.54. The number of ether oxygens (including phenoxy) is 1. The van der Waals surface area contributed by atoms with E-state index in [0.717, 1.165) is 67.3 Å². The molecule has 3 heterocycles. The first-order valence-electron chi connectivity index (χ1n) is 17.5. The van der Waals surface area contributed by atoms with E-state index in [-0.39, 0.29) is 17.4 Å². The fourth-order valence-electron chi connectivity index (χ4n) is 6.15. The van der Waals surface area contributed by atoms with E-state index < -0.39 is 0 Å². The van der Waals surface area contributed by atoms with Crippen LogP contribution in [0.5, 0.6) is 11.6 Å². The Morgan fingerprint density at radius 1 is 0.922 bits per heavy atom. The van der Waals surface area contributed by atoms with E-state index in [9.17, 15) is 4.79 Å². The summed E-state index contributed by atoms with van der Waals surface area (Å²) in [6, 6.07) is 21.9. The van der Waals surface area contributed by atoms with Crippen molar-refractivity contribution in [3.8, 4) is 11.6 Å². The minimum Gasteiger partial charge on any atom is -0.438 e. The van der Waals surface area contributed by atoms with Crippen molar-refractivity contribution in [3.05, 3.63) is 107 Å². The average molecular weight is 690 g/mol. The third-order valence-corrected chi connectivity index (χ3v) is 8.97. The van der Waals surface area contributed by atoms with E-state index in [1.54, 1.807) is 6.92 Å². The molecular weight excluding hydrogens is 642 g/mol. The molecule has 1 amide bonds. The van der Waals surface area contributed by atoms with Gasteiger partial charge in [0.05, 0.1) is 0 Å². The first-order valence-corrected chi connectivity index (χ1v) is 17.5. The number of anilines is 4. The quantitative estimate of drug-likeness (QED) is 0.134. The Labute approximate surface area is 299 Å². The second-order valence-electron chi connectivity index (χ2n) is 13.3. The number of hydrogen-bond acceptors (Lipinski definition) is 11. The van der Waals surface area contributed by atoms with Gasteiger partial charge in [-0.05, 0) is 114 Å². The van der Waals surface area contributed by atoms with Crippen LogP contribution in [0.1, 0.15) is 45.2 Å². The number of carbonyl (C=O) groups excluding carboxylic acids is 1. The van der Waals surface area contributed by atoms with Crippen molar-refractivity contribution >= 4 is 28.9 Å². The van der Waals surface area contributed by atoms with E-state index in [1.165, 1.54) is 18.3 Å². The number of nitrogens with zero attached hydrogens (tertiary/aromatic N) is 7. The van der Waals surface area contributed by atoms with Crippen LogP contribution < -0.4 is 20.3 Å². The third-order valence-electron chi connectivity index (χ3n) is 8.97. The number of hydrogen-bond donors (Lipinski definition) is 2. The second kappa shape index (κ2) is 16.6. The Balaban J connectivity index is 1.17. The van der Waals surface area contributed by atoms with Crippen LogP contribution in [0.15, 0.2) is 77.4 Å². The summed E-state index contributed by atoms with van der Waals surface area (Å²) in [4.78, 5) is 34.4. The number of amides is 1. The van der Waals surface area contributed by atoms with Crippen molar-refractivity contribution in [2.45, 2.75) is 40.0 Å². The molecule has 1 aliphatic rings. The Hall–Kier alpha value is -5.33. The molecule has 0 radical (unpaired) electrons. The topological polar surface area (TPSA) is 125 Å². The van der Waals surface area contributed by atoms with Crippen LogP contribution in [0.2, 0.25) is 0 Å². The largest absolute Gasteiger partial charge is 0.438 e. The summed E-state index contributed by atoms with van der Waals surface area (Å²) in [5.41, 5.74) is 5.91. The summed E-state index contributed by atoms with van der Waals surface area (Å²) >= 11 is 0. The van der Waals surface area contributed by atoms with Crippen LogP contribution in [0.3, 0.4) is 0 Å². The van der Waals surface area contributed by atoms with E-state index in [1.807, 2.05) is 68.4 Å². The van der Waals surface area contributed by atoms with Crippen LogP contribution >= 0.6 is 0 Å². The van der Waals surface area contributed by atoms with Gasteiger partial charge in [-0.2, -0.15) is 9.97 Å². The zero-order valence-electron chi connectivity index (χ0n) is 30.1. The van der Waals surface area contributed by atoms with Crippen molar-refractivity contribution in [3.63, 3.8) is 0 Å². The standard InChI is InChI=1S/C39H47N9O3/c1-27-9-6-10-28(2)36(27)43-37(49)34-26-40-39(44-38(34)50-33-12-7-11-30(25-33)13-18-35-41-29(3)45-51-35)42-31-14-16-32(17-15-31)48-23-21-47(22-24-48)20-8-19-46(4)5/h6-7,9-12,14-17,25-26H,8,13,18-24H2,1-5H3,(H,43,49)(H,40,42,44). The number of rotatable bonds is 14. The van der Waals surface area contributed by atoms with E-state index in [0.29, 0.717) is 36.3 Å². The summed E-state index contributed by atoms with van der Waals surface area (Å²) in [5.74, 6) is 1.83. The molecule has 2 aromatic heterocycles. The van der Waals surface area contributed by atoms with Crippen LogP contribution in [0.4, 0.5) is 23.0 Å². The summed E-state index contributed by atoms with van der Waals surface area (Å²) in [7, 11) is 4.25. The lowest BCUT2D eigenvalue weighted by atomic mass is 10.1. The number of para-hydroxylation sites is 1. The molecular formula is C39H47N9O3. The van der Waals surface area contributed by atoms with Gasteiger partial charge in [0.2, 0.25) is 17.7 Å². The highest BCUT2D eigenvalue weighted by Gasteiger charge is 2.20. The van der Waals surface area contributed by atoms with Crippen molar-refractivity contribution in [2.75, 3.05) is 68.9 Å². The maximum atomic E-state index is 13.7. The Morgan fingerprint density at radius 2 is 1.67 bits per heavy atom. The molecule has 0 aliphatic carbocycles. The molecule has 5 aromatic rings. The summed E-state index contributed by atoms with van der Waals surface area (Å²) in [5, 5.41) is 10.2. The highest BCUT2D eigenvalue weighted by atomic mass is 16.5. The van der Waals surface area contributed by atoms with Gasteiger partial charge in [0.25, 0.3) is 5.91 Å². The van der Waals surface area contributed by atoms with E-state index in [4.69, 9.17) is 14.2 Å². The predicted molar refractivity (Wildman–Crippen MR) is 200 cm³/mol. The lowest BCUT2D eigenvalue weighted by Crippen LogP contribution is -2.46. The van der Waals surface area contributed by atoms with Crippen LogP contribution in [0.25, 0.3) is 0 Å². The predicted octanol–water partition coefficient (Wildman–Crippen LogP) is 6.43. The van der Waals surface area contributed by atoms with Gasteiger partial charge in [-0.15, -0.1) is 0 Å². The van der Waals surface area contributed by atoms with E-state index in [2.05, 4.69) is 66.7 Å². The molecule has 2 N–H and O–H groups in total. The maximum Gasteiger partial charge on any atom is 0.262 e. The van der Waals surface area contributed by atoms with Gasteiger partial charge in [0.1, 0.15) is 11.3 Å². The molecule has 0 spiro atoms. The Morgan fingerprint density at radius 3 is 2.37 bits per heavy atom. The fraction of sp³-hybridized carbons (Fsp3) is 0.359. The molecule has 1 saturated heterocycles. The van der Waals surface area contributed by atoms with E-state index >= 15 is 0 Å². The SMILES string of the molecule is Cc1noc(CCc2cccc(Oc3nc(Nc4ccc(N5CCN(CCCN(C)C)CC5)cc4)ncc3C(=O)Nc3c(C)cccc3C)c2)n1. The molecule has 12 heteroatoms. The summed E-state index contributed by atoms with van der Waals surface area (Å²) < 4.78 is 11.6. The van der Waals surface area contributed by atoms with Gasteiger partial charge >= 0.3 is 0 Å². The minimum atomic E-state index is -0.362. The molecule has 0 atom stereocenters. The smallest absolute Gasteiger partial charge is 0.262 e. The van der Waals surface area contributed by atoms with Crippen molar-refractivity contribution in [1.82, 2.24) is 29.9 Å². The molecule has 12 nitrogen and oxygen atoms in total. The van der Waals surface area contributed by atoms with Gasteiger partial charge in [-0.3, -0.25) is 9.69 Å². The van der Waals surface area contributed by atoms with Crippen molar-refractivity contribution in [1.29, 1.82) is 0 Å². The van der Waals surface area contributed by atoms with Crippen molar-refractivity contribution < 1.29 is 14.1 Å². The minimum absolute atomic E-state index is 0.140. The monoisotopic (exact) mass is 689 g/mol.